The second kappa shape index (κ2) is 6.12. The van der Waals surface area contributed by atoms with Gasteiger partial charge in [-0.3, -0.25) is 0 Å². The molecule has 1 nitrogen and oxygen atoms in total. The van der Waals surface area contributed by atoms with Crippen molar-refractivity contribution in [3.05, 3.63) is 34.9 Å². The average Bonchev–Trinajstić information content (AvgIpc) is 3.04. The molecule has 116 valence electrons. The number of fused-ring (bicyclic) bond motifs is 2. The van der Waals surface area contributed by atoms with Gasteiger partial charge >= 0.3 is 0 Å². The minimum Gasteiger partial charge on any atom is -0.316 e. The minimum absolute atomic E-state index is 0.537. The Bertz CT molecular complexity index is 472. The predicted octanol–water partition coefficient (Wildman–Crippen LogP) is 4.65. The lowest BCUT2D eigenvalue weighted by molar-refractivity contribution is 0.156. The Kier molecular flexibility index (Phi) is 4.40. The van der Waals surface area contributed by atoms with Crippen LogP contribution >= 0.6 is 0 Å². The van der Waals surface area contributed by atoms with Crippen molar-refractivity contribution in [3.63, 3.8) is 0 Å². The van der Waals surface area contributed by atoms with Crippen molar-refractivity contribution in [1.82, 2.24) is 5.32 Å². The molecule has 1 aromatic rings. The van der Waals surface area contributed by atoms with Crippen LogP contribution in [0.5, 0.6) is 0 Å². The van der Waals surface area contributed by atoms with E-state index in [2.05, 4.69) is 44.3 Å². The third-order valence-corrected chi connectivity index (χ3v) is 6.18. The first-order valence-electron chi connectivity index (χ1n) is 8.90. The molecule has 21 heavy (non-hydrogen) atoms. The van der Waals surface area contributed by atoms with Crippen LogP contribution in [0.15, 0.2) is 18.2 Å². The number of hydrogen-bond donors (Lipinski definition) is 1. The number of rotatable bonds is 6. The van der Waals surface area contributed by atoms with Gasteiger partial charge in [0.2, 0.25) is 0 Å². The van der Waals surface area contributed by atoms with E-state index in [9.17, 15) is 0 Å². The maximum atomic E-state index is 3.76. The second-order valence-corrected chi connectivity index (χ2v) is 7.67. The third-order valence-electron chi connectivity index (χ3n) is 6.18. The van der Waals surface area contributed by atoms with Crippen LogP contribution in [0, 0.1) is 31.1 Å². The molecular formula is C20H31N. The zero-order valence-corrected chi connectivity index (χ0v) is 14.0. The molecule has 0 heterocycles. The number of benzene rings is 1. The SMILES string of the molecule is CCCNCC1(Cc2c(C)cccc2C)CC2CCC1C2. The van der Waals surface area contributed by atoms with E-state index in [1.54, 1.807) is 5.56 Å². The largest absolute Gasteiger partial charge is 0.316 e. The van der Waals surface area contributed by atoms with Gasteiger partial charge in [0.05, 0.1) is 0 Å². The van der Waals surface area contributed by atoms with Crippen molar-refractivity contribution in [1.29, 1.82) is 0 Å². The quantitative estimate of drug-likeness (QED) is 0.750. The van der Waals surface area contributed by atoms with Gasteiger partial charge in [0, 0.05) is 6.54 Å². The summed E-state index contributed by atoms with van der Waals surface area (Å²) in [6.45, 7) is 9.26. The van der Waals surface area contributed by atoms with Crippen molar-refractivity contribution in [3.8, 4) is 0 Å². The summed E-state index contributed by atoms with van der Waals surface area (Å²) in [7, 11) is 0. The van der Waals surface area contributed by atoms with E-state index in [0.717, 1.165) is 11.8 Å². The Hall–Kier alpha value is -0.820. The standard InChI is InChI=1S/C20H31N/c1-4-10-21-14-20(12-17-8-9-18(20)11-17)13-19-15(2)6-5-7-16(19)3/h5-7,17-18,21H,4,8-14H2,1-3H3. The van der Waals surface area contributed by atoms with Gasteiger partial charge in [0.1, 0.15) is 0 Å². The van der Waals surface area contributed by atoms with Gasteiger partial charge in [-0.1, -0.05) is 31.5 Å². The van der Waals surface area contributed by atoms with Crippen LogP contribution in [-0.4, -0.2) is 13.1 Å². The maximum Gasteiger partial charge on any atom is 0.00138 e. The van der Waals surface area contributed by atoms with Crippen LogP contribution in [-0.2, 0) is 6.42 Å². The van der Waals surface area contributed by atoms with Crippen LogP contribution in [0.2, 0.25) is 0 Å². The first kappa shape index (κ1) is 15.1. The van der Waals surface area contributed by atoms with E-state index in [1.807, 2.05) is 0 Å². The highest BCUT2D eigenvalue weighted by Gasteiger charge is 2.50. The molecule has 1 N–H and O–H groups in total. The molecule has 2 bridgehead atoms. The molecular weight excluding hydrogens is 254 g/mol. The lowest BCUT2D eigenvalue weighted by Crippen LogP contribution is -2.41. The van der Waals surface area contributed by atoms with E-state index < -0.39 is 0 Å². The van der Waals surface area contributed by atoms with Gasteiger partial charge in [-0.2, -0.15) is 0 Å². The van der Waals surface area contributed by atoms with Crippen LogP contribution in [0.4, 0.5) is 0 Å². The van der Waals surface area contributed by atoms with E-state index in [4.69, 9.17) is 0 Å². The van der Waals surface area contributed by atoms with Crippen molar-refractivity contribution >= 4 is 0 Å². The lowest BCUT2D eigenvalue weighted by Gasteiger charge is -2.39. The van der Waals surface area contributed by atoms with Crippen LogP contribution in [0.3, 0.4) is 0 Å². The highest BCUT2D eigenvalue weighted by Crippen LogP contribution is 2.57. The van der Waals surface area contributed by atoms with E-state index in [1.165, 1.54) is 62.7 Å². The third kappa shape index (κ3) is 2.90. The zero-order chi connectivity index (χ0) is 14.9. The molecule has 3 atom stereocenters. The Balaban J connectivity index is 1.83. The molecule has 1 aromatic carbocycles. The van der Waals surface area contributed by atoms with E-state index in [-0.39, 0.29) is 0 Å². The van der Waals surface area contributed by atoms with Crippen LogP contribution in [0.1, 0.15) is 55.7 Å². The predicted molar refractivity (Wildman–Crippen MR) is 90.7 cm³/mol. The monoisotopic (exact) mass is 285 g/mol. The normalized spacial score (nSPS) is 31.0. The fourth-order valence-electron chi connectivity index (χ4n) is 5.05. The Labute approximate surface area is 130 Å². The van der Waals surface area contributed by atoms with Gasteiger partial charge in [-0.15, -0.1) is 0 Å². The molecule has 0 aromatic heterocycles. The molecule has 0 saturated heterocycles. The summed E-state index contributed by atoms with van der Waals surface area (Å²) in [5.41, 5.74) is 5.15. The van der Waals surface area contributed by atoms with Crippen molar-refractivity contribution in [2.24, 2.45) is 17.3 Å². The molecule has 2 saturated carbocycles. The number of nitrogens with one attached hydrogen (secondary N) is 1. The fraction of sp³-hybridized carbons (Fsp3) is 0.700. The van der Waals surface area contributed by atoms with Gasteiger partial charge < -0.3 is 5.32 Å². The van der Waals surface area contributed by atoms with Gasteiger partial charge in [-0.25, -0.2) is 0 Å². The number of hydrogen-bond acceptors (Lipinski definition) is 1. The molecule has 0 aliphatic heterocycles. The molecule has 0 radical (unpaired) electrons. The Morgan fingerprint density at radius 1 is 1.19 bits per heavy atom. The smallest absolute Gasteiger partial charge is 0.00138 e. The lowest BCUT2D eigenvalue weighted by atomic mass is 9.68. The summed E-state index contributed by atoms with van der Waals surface area (Å²) in [6.07, 6.45) is 8.47. The van der Waals surface area contributed by atoms with Crippen molar-refractivity contribution in [2.75, 3.05) is 13.1 Å². The summed E-state index contributed by atoms with van der Waals surface area (Å²) in [4.78, 5) is 0. The van der Waals surface area contributed by atoms with Gasteiger partial charge in [0.25, 0.3) is 0 Å². The fourth-order valence-corrected chi connectivity index (χ4v) is 5.05. The van der Waals surface area contributed by atoms with E-state index in [0.29, 0.717) is 5.41 Å². The molecule has 2 fully saturated rings. The summed E-state index contributed by atoms with van der Waals surface area (Å²) >= 11 is 0. The highest BCUT2D eigenvalue weighted by molar-refractivity contribution is 5.35. The molecule has 1 heteroatoms. The van der Waals surface area contributed by atoms with Gasteiger partial charge in [-0.05, 0) is 86.4 Å². The molecule has 2 aliphatic rings. The Morgan fingerprint density at radius 2 is 1.95 bits per heavy atom. The van der Waals surface area contributed by atoms with Crippen molar-refractivity contribution < 1.29 is 0 Å². The number of aryl methyl sites for hydroxylation is 2. The average molecular weight is 285 g/mol. The summed E-state index contributed by atoms with van der Waals surface area (Å²) < 4.78 is 0. The van der Waals surface area contributed by atoms with Gasteiger partial charge in [0.15, 0.2) is 0 Å². The first-order valence-corrected chi connectivity index (χ1v) is 8.90. The molecule has 3 rings (SSSR count). The molecule has 2 aliphatic carbocycles. The second-order valence-electron chi connectivity index (χ2n) is 7.67. The summed E-state index contributed by atoms with van der Waals surface area (Å²) in [5, 5.41) is 3.76. The zero-order valence-electron chi connectivity index (χ0n) is 14.0. The van der Waals surface area contributed by atoms with Crippen LogP contribution in [0.25, 0.3) is 0 Å². The topological polar surface area (TPSA) is 12.0 Å². The Morgan fingerprint density at radius 3 is 2.52 bits per heavy atom. The van der Waals surface area contributed by atoms with E-state index >= 15 is 0 Å². The first-order chi connectivity index (χ1) is 10.1. The summed E-state index contributed by atoms with van der Waals surface area (Å²) in [6, 6.07) is 6.79. The molecule has 0 spiro atoms. The minimum atomic E-state index is 0.537. The molecule has 3 unspecified atom stereocenters. The van der Waals surface area contributed by atoms with Crippen LogP contribution < -0.4 is 5.32 Å². The highest BCUT2D eigenvalue weighted by atomic mass is 14.9. The molecule has 0 amide bonds. The summed E-state index contributed by atoms with van der Waals surface area (Å²) in [5.74, 6) is 1.98. The van der Waals surface area contributed by atoms with Crippen molar-refractivity contribution in [2.45, 2.75) is 59.3 Å². The maximum absolute atomic E-state index is 3.76.